The first-order valence-electron chi connectivity index (χ1n) is 8.85. The molecule has 0 bridgehead atoms. The molecule has 1 amide bonds. The van der Waals surface area contributed by atoms with Crippen molar-refractivity contribution in [2.45, 2.75) is 12.8 Å². The first-order valence-corrected chi connectivity index (χ1v) is 10.5. The van der Waals surface area contributed by atoms with E-state index in [1.54, 1.807) is 12.0 Å². The number of nitrogens with zero attached hydrogens (tertiary/aromatic N) is 3. The molecular formula is C18H29N3O4S. The molecule has 0 radical (unpaired) electrons. The second-order valence-corrected chi connectivity index (χ2v) is 8.84. The van der Waals surface area contributed by atoms with Gasteiger partial charge in [0.2, 0.25) is 15.9 Å². The van der Waals surface area contributed by atoms with Gasteiger partial charge in [-0.15, -0.1) is 0 Å². The molecule has 0 unspecified atom stereocenters. The van der Waals surface area contributed by atoms with Crippen LogP contribution in [0.25, 0.3) is 0 Å². The van der Waals surface area contributed by atoms with E-state index in [2.05, 4.69) is 0 Å². The van der Waals surface area contributed by atoms with E-state index in [0.717, 1.165) is 11.3 Å². The van der Waals surface area contributed by atoms with E-state index in [-0.39, 0.29) is 11.7 Å². The molecule has 0 saturated carbocycles. The minimum atomic E-state index is -3.33. The Kier molecular flexibility index (Phi) is 7.43. The van der Waals surface area contributed by atoms with Crippen LogP contribution in [0.5, 0.6) is 5.75 Å². The van der Waals surface area contributed by atoms with Crippen LogP contribution in [0.1, 0.15) is 12.0 Å². The number of aryl methyl sites for hydroxylation is 1. The minimum absolute atomic E-state index is 0.0642. The molecule has 1 aliphatic rings. The van der Waals surface area contributed by atoms with Crippen molar-refractivity contribution in [3.63, 3.8) is 0 Å². The van der Waals surface area contributed by atoms with Crippen LogP contribution in [-0.2, 0) is 21.2 Å². The van der Waals surface area contributed by atoms with E-state index in [1.165, 1.54) is 4.31 Å². The second kappa shape index (κ2) is 9.34. The topological polar surface area (TPSA) is 70.2 Å². The first-order chi connectivity index (χ1) is 12.3. The monoisotopic (exact) mass is 383 g/mol. The predicted molar refractivity (Wildman–Crippen MR) is 102 cm³/mol. The molecule has 1 aromatic rings. The quantitative estimate of drug-likeness (QED) is 0.660. The van der Waals surface area contributed by atoms with Crippen molar-refractivity contribution in [2.75, 3.05) is 59.7 Å². The number of carbonyl (C=O) groups excluding carboxylic acids is 1. The van der Waals surface area contributed by atoms with Crippen LogP contribution in [0.2, 0.25) is 0 Å². The zero-order valence-corrected chi connectivity index (χ0v) is 16.7. The summed E-state index contributed by atoms with van der Waals surface area (Å²) in [5.74, 6) is 0.881. The lowest BCUT2D eigenvalue weighted by Gasteiger charge is -2.34. The maximum absolute atomic E-state index is 12.6. The number of amides is 1. The summed E-state index contributed by atoms with van der Waals surface area (Å²) < 4.78 is 31.9. The molecule has 2 rings (SSSR count). The predicted octanol–water partition coefficient (Wildman–Crippen LogP) is 0.663. The van der Waals surface area contributed by atoms with Gasteiger partial charge in [0.05, 0.1) is 12.9 Å². The van der Waals surface area contributed by atoms with Gasteiger partial charge >= 0.3 is 0 Å². The highest BCUT2D eigenvalue weighted by Gasteiger charge is 2.28. The third kappa shape index (κ3) is 5.96. The molecule has 1 saturated heterocycles. The van der Waals surface area contributed by atoms with Gasteiger partial charge in [0, 0.05) is 39.1 Å². The Morgan fingerprint density at radius 3 is 2.50 bits per heavy atom. The van der Waals surface area contributed by atoms with Crippen LogP contribution in [0.15, 0.2) is 24.3 Å². The standard InChI is InChI=1S/C18H29N3O4S/c1-19(2)9-7-18(22)20-10-12-21(13-11-20)26(23,24)14-8-16-5-4-6-17(15-16)25-3/h4-6,15H,7-14H2,1-3H3. The van der Waals surface area contributed by atoms with Gasteiger partial charge in [0.25, 0.3) is 0 Å². The Morgan fingerprint density at radius 1 is 1.19 bits per heavy atom. The van der Waals surface area contributed by atoms with E-state index in [1.807, 2.05) is 43.3 Å². The summed E-state index contributed by atoms with van der Waals surface area (Å²) in [6.07, 6.45) is 0.914. The van der Waals surface area contributed by atoms with Crippen LogP contribution >= 0.6 is 0 Å². The van der Waals surface area contributed by atoms with Gasteiger partial charge in [0.15, 0.2) is 0 Å². The largest absolute Gasteiger partial charge is 0.497 e. The highest BCUT2D eigenvalue weighted by Crippen LogP contribution is 2.15. The van der Waals surface area contributed by atoms with E-state index in [0.29, 0.717) is 45.6 Å². The first kappa shape index (κ1) is 20.7. The Hall–Kier alpha value is -1.64. The average Bonchev–Trinajstić information content (AvgIpc) is 2.64. The maximum atomic E-state index is 12.6. The van der Waals surface area contributed by atoms with Gasteiger partial charge < -0.3 is 14.5 Å². The van der Waals surface area contributed by atoms with Crippen molar-refractivity contribution in [2.24, 2.45) is 0 Å². The number of methoxy groups -OCH3 is 1. The van der Waals surface area contributed by atoms with Crippen LogP contribution in [-0.4, -0.2) is 88.1 Å². The molecule has 0 spiro atoms. The lowest BCUT2D eigenvalue weighted by molar-refractivity contribution is -0.132. The molecule has 0 aromatic heterocycles. The van der Waals surface area contributed by atoms with Crippen molar-refractivity contribution in [1.82, 2.24) is 14.1 Å². The summed E-state index contributed by atoms with van der Waals surface area (Å²) in [7, 11) is 2.12. The number of hydrogen-bond acceptors (Lipinski definition) is 5. The Labute approximate surface area is 156 Å². The molecule has 26 heavy (non-hydrogen) atoms. The van der Waals surface area contributed by atoms with Gasteiger partial charge in [-0.3, -0.25) is 4.79 Å². The van der Waals surface area contributed by atoms with E-state index in [4.69, 9.17) is 4.74 Å². The fraction of sp³-hybridized carbons (Fsp3) is 0.611. The number of sulfonamides is 1. The van der Waals surface area contributed by atoms with Gasteiger partial charge in [-0.05, 0) is 38.2 Å². The van der Waals surface area contributed by atoms with Crippen molar-refractivity contribution >= 4 is 15.9 Å². The Bertz CT molecular complexity index is 698. The zero-order chi connectivity index (χ0) is 19.2. The molecule has 7 nitrogen and oxygen atoms in total. The molecule has 1 aliphatic heterocycles. The molecule has 1 fully saturated rings. The summed E-state index contributed by atoms with van der Waals surface area (Å²) in [5, 5.41) is 0. The number of piperazine rings is 1. The number of carbonyl (C=O) groups is 1. The molecule has 1 aromatic carbocycles. The SMILES string of the molecule is COc1cccc(CCS(=O)(=O)N2CCN(C(=O)CCN(C)C)CC2)c1. The fourth-order valence-electron chi connectivity index (χ4n) is 2.90. The van der Waals surface area contributed by atoms with Gasteiger partial charge in [-0.1, -0.05) is 12.1 Å². The Balaban J connectivity index is 1.84. The molecule has 8 heteroatoms. The lowest BCUT2D eigenvalue weighted by atomic mass is 10.2. The summed E-state index contributed by atoms with van der Waals surface area (Å²) in [4.78, 5) is 15.9. The minimum Gasteiger partial charge on any atom is -0.497 e. The number of ether oxygens (including phenoxy) is 1. The van der Waals surface area contributed by atoms with Crippen molar-refractivity contribution in [1.29, 1.82) is 0 Å². The summed E-state index contributed by atoms with van der Waals surface area (Å²) in [6, 6.07) is 7.46. The van der Waals surface area contributed by atoms with Crippen molar-refractivity contribution in [3.8, 4) is 5.75 Å². The van der Waals surface area contributed by atoms with E-state index < -0.39 is 10.0 Å². The zero-order valence-electron chi connectivity index (χ0n) is 15.8. The molecular weight excluding hydrogens is 354 g/mol. The average molecular weight is 384 g/mol. The number of hydrogen-bond donors (Lipinski definition) is 0. The molecule has 146 valence electrons. The maximum Gasteiger partial charge on any atom is 0.223 e. The number of benzene rings is 1. The van der Waals surface area contributed by atoms with Gasteiger partial charge in [0.1, 0.15) is 5.75 Å². The van der Waals surface area contributed by atoms with Crippen LogP contribution in [0.4, 0.5) is 0 Å². The fourth-order valence-corrected chi connectivity index (χ4v) is 4.37. The highest BCUT2D eigenvalue weighted by atomic mass is 32.2. The third-order valence-corrected chi connectivity index (χ3v) is 6.41. The van der Waals surface area contributed by atoms with Gasteiger partial charge in [-0.2, -0.15) is 4.31 Å². The van der Waals surface area contributed by atoms with E-state index in [9.17, 15) is 13.2 Å². The summed E-state index contributed by atoms with van der Waals surface area (Å²) in [6.45, 7) is 2.37. The molecule has 0 N–H and O–H groups in total. The smallest absolute Gasteiger partial charge is 0.223 e. The lowest BCUT2D eigenvalue weighted by Crippen LogP contribution is -2.51. The number of rotatable bonds is 8. The third-order valence-electron chi connectivity index (χ3n) is 4.54. The molecule has 0 aliphatic carbocycles. The van der Waals surface area contributed by atoms with Gasteiger partial charge in [-0.25, -0.2) is 8.42 Å². The van der Waals surface area contributed by atoms with Crippen molar-refractivity contribution < 1.29 is 17.9 Å². The summed E-state index contributed by atoms with van der Waals surface area (Å²) in [5.41, 5.74) is 0.936. The molecule has 1 heterocycles. The highest BCUT2D eigenvalue weighted by molar-refractivity contribution is 7.89. The van der Waals surface area contributed by atoms with Crippen molar-refractivity contribution in [3.05, 3.63) is 29.8 Å². The Morgan fingerprint density at radius 2 is 1.88 bits per heavy atom. The van der Waals surface area contributed by atoms with Crippen LogP contribution in [0, 0.1) is 0 Å². The summed E-state index contributed by atoms with van der Waals surface area (Å²) >= 11 is 0. The van der Waals surface area contributed by atoms with E-state index >= 15 is 0 Å². The normalized spacial score (nSPS) is 16.1. The van der Waals surface area contributed by atoms with Crippen LogP contribution < -0.4 is 4.74 Å². The van der Waals surface area contributed by atoms with Crippen LogP contribution in [0.3, 0.4) is 0 Å². The second-order valence-electron chi connectivity index (χ2n) is 6.75. The molecule has 0 atom stereocenters.